The predicted molar refractivity (Wildman–Crippen MR) is 65.7 cm³/mol. The van der Waals surface area contributed by atoms with Gasteiger partial charge in [0.25, 0.3) is 0 Å². The molecular weight excluding hydrogens is 218 g/mol. The van der Waals surface area contributed by atoms with E-state index in [0.717, 1.165) is 32.1 Å². The van der Waals surface area contributed by atoms with Crippen LogP contribution in [-0.4, -0.2) is 35.0 Å². The van der Waals surface area contributed by atoms with Crippen molar-refractivity contribution >= 4 is 11.9 Å². The highest BCUT2D eigenvalue weighted by Crippen LogP contribution is 2.17. The van der Waals surface area contributed by atoms with Crippen LogP contribution in [0.4, 0.5) is 0 Å². The van der Waals surface area contributed by atoms with Crippen molar-refractivity contribution in [2.75, 3.05) is 13.1 Å². The molecule has 1 amide bonds. The predicted octanol–water partition coefficient (Wildman–Crippen LogP) is 2.28. The van der Waals surface area contributed by atoms with Gasteiger partial charge < -0.3 is 10.0 Å². The lowest BCUT2D eigenvalue weighted by Crippen LogP contribution is -2.39. The summed E-state index contributed by atoms with van der Waals surface area (Å²) in [6, 6.07) is 0. The summed E-state index contributed by atoms with van der Waals surface area (Å²) < 4.78 is 0. The molecular formula is C13H23NO3. The molecule has 0 spiro atoms. The van der Waals surface area contributed by atoms with Gasteiger partial charge in [-0.05, 0) is 19.8 Å². The number of amides is 1. The summed E-state index contributed by atoms with van der Waals surface area (Å²) in [6.45, 7) is 3.23. The largest absolute Gasteiger partial charge is 0.481 e. The fraction of sp³-hybridized carbons (Fsp3) is 0.846. The Labute approximate surface area is 103 Å². The van der Waals surface area contributed by atoms with Crippen molar-refractivity contribution in [3.8, 4) is 0 Å². The van der Waals surface area contributed by atoms with E-state index in [1.165, 1.54) is 6.42 Å². The molecule has 1 heterocycles. The van der Waals surface area contributed by atoms with Crippen LogP contribution in [0.15, 0.2) is 0 Å². The number of carbonyl (C=O) groups is 2. The van der Waals surface area contributed by atoms with Gasteiger partial charge in [0, 0.05) is 13.1 Å². The number of carboxylic acid groups (broad SMARTS) is 1. The molecule has 1 N–H and O–H groups in total. The van der Waals surface area contributed by atoms with E-state index in [-0.39, 0.29) is 5.91 Å². The molecule has 0 radical (unpaired) electrons. The van der Waals surface area contributed by atoms with E-state index in [2.05, 4.69) is 0 Å². The summed E-state index contributed by atoms with van der Waals surface area (Å²) in [5, 5.41) is 9.12. The maximum Gasteiger partial charge on any atom is 0.316 e. The first-order chi connectivity index (χ1) is 8.16. The van der Waals surface area contributed by atoms with Crippen molar-refractivity contribution in [2.45, 2.75) is 51.9 Å². The van der Waals surface area contributed by atoms with Gasteiger partial charge in [0.15, 0.2) is 0 Å². The first-order valence-corrected chi connectivity index (χ1v) is 6.68. The van der Waals surface area contributed by atoms with Crippen LogP contribution in [0, 0.1) is 5.92 Å². The second-order valence-corrected chi connectivity index (χ2v) is 4.72. The van der Waals surface area contributed by atoms with Crippen LogP contribution in [0.1, 0.15) is 51.9 Å². The monoisotopic (exact) mass is 241 g/mol. The molecule has 1 rings (SSSR count). The molecule has 0 aromatic carbocycles. The molecule has 1 unspecified atom stereocenters. The molecule has 0 aliphatic carbocycles. The SMILES string of the molecule is CCN1CCCCCCCCC(C(=O)O)C1=O. The van der Waals surface area contributed by atoms with Gasteiger partial charge in [0.2, 0.25) is 5.91 Å². The van der Waals surface area contributed by atoms with Gasteiger partial charge in [-0.25, -0.2) is 0 Å². The van der Waals surface area contributed by atoms with Crippen LogP contribution in [0.3, 0.4) is 0 Å². The lowest BCUT2D eigenvalue weighted by Gasteiger charge is -2.24. The third-order valence-corrected chi connectivity index (χ3v) is 3.46. The van der Waals surface area contributed by atoms with Crippen LogP contribution in [-0.2, 0) is 9.59 Å². The Balaban J connectivity index is 2.70. The minimum atomic E-state index is -0.965. The fourth-order valence-corrected chi connectivity index (χ4v) is 2.36. The third-order valence-electron chi connectivity index (χ3n) is 3.46. The maximum absolute atomic E-state index is 12.1. The van der Waals surface area contributed by atoms with Crippen molar-refractivity contribution in [2.24, 2.45) is 5.92 Å². The lowest BCUT2D eigenvalue weighted by atomic mass is 9.99. The molecule has 1 aliphatic heterocycles. The third kappa shape index (κ3) is 4.36. The lowest BCUT2D eigenvalue weighted by molar-refractivity contribution is -0.151. The van der Waals surface area contributed by atoms with Gasteiger partial charge in [-0.1, -0.05) is 32.1 Å². The molecule has 1 aliphatic rings. The Morgan fingerprint density at radius 1 is 1.24 bits per heavy atom. The quantitative estimate of drug-likeness (QED) is 0.754. The molecule has 0 aromatic rings. The number of aliphatic carboxylic acids is 1. The Bertz CT molecular complexity index is 265. The van der Waals surface area contributed by atoms with Crippen LogP contribution >= 0.6 is 0 Å². The molecule has 4 heteroatoms. The molecule has 0 bridgehead atoms. The van der Waals surface area contributed by atoms with E-state index in [4.69, 9.17) is 5.11 Å². The molecule has 4 nitrogen and oxygen atoms in total. The Kier molecular flexibility index (Phi) is 6.01. The van der Waals surface area contributed by atoms with E-state index in [9.17, 15) is 9.59 Å². The summed E-state index contributed by atoms with van der Waals surface area (Å²) in [4.78, 5) is 24.9. The summed E-state index contributed by atoms with van der Waals surface area (Å²) in [6.07, 6.45) is 6.87. The zero-order valence-electron chi connectivity index (χ0n) is 10.7. The van der Waals surface area contributed by atoms with Gasteiger partial charge in [0.05, 0.1) is 0 Å². The topological polar surface area (TPSA) is 57.6 Å². The van der Waals surface area contributed by atoms with Crippen LogP contribution in [0.25, 0.3) is 0 Å². The van der Waals surface area contributed by atoms with Crippen molar-refractivity contribution in [1.29, 1.82) is 0 Å². The molecule has 1 saturated heterocycles. The standard InChI is InChI=1S/C13H23NO3/c1-2-14-10-8-6-4-3-5-7-9-11(12(14)15)13(16)17/h11H,2-10H2,1H3,(H,16,17). The van der Waals surface area contributed by atoms with Crippen molar-refractivity contribution < 1.29 is 14.7 Å². The number of carbonyl (C=O) groups excluding carboxylic acids is 1. The molecule has 0 saturated carbocycles. The molecule has 98 valence electrons. The van der Waals surface area contributed by atoms with E-state index in [0.29, 0.717) is 19.5 Å². The molecule has 0 aromatic heterocycles. The van der Waals surface area contributed by atoms with Crippen molar-refractivity contribution in [1.82, 2.24) is 4.90 Å². The van der Waals surface area contributed by atoms with Gasteiger partial charge in [-0.15, -0.1) is 0 Å². The number of hydrogen-bond donors (Lipinski definition) is 1. The Morgan fingerprint density at radius 2 is 1.82 bits per heavy atom. The number of carboxylic acids is 1. The normalized spacial score (nSPS) is 24.2. The first-order valence-electron chi connectivity index (χ1n) is 6.68. The van der Waals surface area contributed by atoms with E-state index < -0.39 is 11.9 Å². The molecule has 1 fully saturated rings. The van der Waals surface area contributed by atoms with E-state index in [1.807, 2.05) is 6.92 Å². The summed E-state index contributed by atoms with van der Waals surface area (Å²) in [5.41, 5.74) is 0. The summed E-state index contributed by atoms with van der Waals surface area (Å²) in [5.74, 6) is -1.98. The van der Waals surface area contributed by atoms with Gasteiger partial charge in [-0.3, -0.25) is 9.59 Å². The number of hydrogen-bond acceptors (Lipinski definition) is 2. The summed E-state index contributed by atoms with van der Waals surface area (Å²) in [7, 11) is 0. The second-order valence-electron chi connectivity index (χ2n) is 4.72. The van der Waals surface area contributed by atoms with Crippen LogP contribution in [0.5, 0.6) is 0 Å². The average molecular weight is 241 g/mol. The molecule has 1 atom stereocenters. The summed E-state index contributed by atoms with van der Waals surface area (Å²) >= 11 is 0. The van der Waals surface area contributed by atoms with E-state index in [1.54, 1.807) is 4.90 Å². The van der Waals surface area contributed by atoms with Crippen molar-refractivity contribution in [3.05, 3.63) is 0 Å². The van der Waals surface area contributed by atoms with E-state index >= 15 is 0 Å². The highest BCUT2D eigenvalue weighted by Gasteiger charge is 2.29. The average Bonchev–Trinajstić information content (AvgIpc) is 2.33. The highest BCUT2D eigenvalue weighted by molar-refractivity contribution is 5.96. The number of nitrogens with zero attached hydrogens (tertiary/aromatic N) is 1. The van der Waals surface area contributed by atoms with Gasteiger partial charge in [-0.2, -0.15) is 0 Å². The number of rotatable bonds is 2. The smallest absolute Gasteiger partial charge is 0.316 e. The van der Waals surface area contributed by atoms with Gasteiger partial charge in [0.1, 0.15) is 5.92 Å². The Morgan fingerprint density at radius 3 is 2.41 bits per heavy atom. The fourth-order valence-electron chi connectivity index (χ4n) is 2.36. The van der Waals surface area contributed by atoms with Crippen LogP contribution in [0.2, 0.25) is 0 Å². The maximum atomic E-state index is 12.1. The van der Waals surface area contributed by atoms with Gasteiger partial charge >= 0.3 is 5.97 Å². The minimum Gasteiger partial charge on any atom is -0.481 e. The first kappa shape index (κ1) is 14.0. The zero-order valence-corrected chi connectivity index (χ0v) is 10.7. The minimum absolute atomic E-state index is 0.193. The van der Waals surface area contributed by atoms with Crippen LogP contribution < -0.4 is 0 Å². The highest BCUT2D eigenvalue weighted by atomic mass is 16.4. The second kappa shape index (κ2) is 7.30. The Hall–Kier alpha value is -1.06. The molecule has 17 heavy (non-hydrogen) atoms. The van der Waals surface area contributed by atoms with Crippen molar-refractivity contribution in [3.63, 3.8) is 0 Å². The zero-order chi connectivity index (χ0) is 12.7.